The van der Waals surface area contributed by atoms with Gasteiger partial charge in [0.05, 0.1) is 6.61 Å². The van der Waals surface area contributed by atoms with Crippen molar-refractivity contribution in [3.05, 3.63) is 24.6 Å². The Balaban J connectivity index is 2.21. The fourth-order valence-electron chi connectivity index (χ4n) is 1.21. The van der Waals surface area contributed by atoms with Crippen molar-refractivity contribution >= 4 is 6.03 Å². The average Bonchev–Trinajstić information content (AvgIpc) is 2.57. The van der Waals surface area contributed by atoms with Crippen molar-refractivity contribution in [2.45, 2.75) is 12.8 Å². The lowest BCUT2D eigenvalue weighted by molar-refractivity contribution is 0.166. The van der Waals surface area contributed by atoms with Crippen LogP contribution in [-0.2, 0) is 4.74 Å². The van der Waals surface area contributed by atoms with Crippen molar-refractivity contribution in [1.82, 2.24) is 10.2 Å². The lowest BCUT2D eigenvalue weighted by Gasteiger charge is -2.13. The van der Waals surface area contributed by atoms with E-state index in [9.17, 15) is 4.79 Å². The van der Waals surface area contributed by atoms with Gasteiger partial charge in [0.1, 0.15) is 6.61 Å². The minimum atomic E-state index is -0.154. The van der Waals surface area contributed by atoms with Gasteiger partial charge < -0.3 is 10.1 Å². The number of carbonyl (C=O) groups excluding carboxylic acids is 1. The number of hydrogen-bond acceptors (Lipinski definition) is 2. The second kappa shape index (κ2) is 7.55. The maximum atomic E-state index is 11.6. The highest BCUT2D eigenvalue weighted by Crippen LogP contribution is 2.03. The van der Waals surface area contributed by atoms with Crippen LogP contribution in [0.3, 0.4) is 0 Å². The van der Waals surface area contributed by atoms with E-state index in [0.717, 1.165) is 12.8 Å². The quantitative estimate of drug-likeness (QED) is 0.576. The molecule has 86 valence electrons. The van der Waals surface area contributed by atoms with Crippen molar-refractivity contribution in [2.24, 2.45) is 0 Å². The highest BCUT2D eigenvalue weighted by molar-refractivity contribution is 5.76. The third kappa shape index (κ3) is 4.67. The van der Waals surface area contributed by atoms with Gasteiger partial charge in [-0.2, -0.15) is 0 Å². The van der Waals surface area contributed by atoms with Crippen LogP contribution in [-0.4, -0.2) is 30.7 Å². The Morgan fingerprint density at radius 1 is 1.44 bits per heavy atom. The molecule has 2 amide bonds. The molecule has 0 aliphatic carbocycles. The topological polar surface area (TPSA) is 41.6 Å². The summed E-state index contributed by atoms with van der Waals surface area (Å²) in [7, 11) is 0. The van der Waals surface area contributed by atoms with E-state index in [4.69, 9.17) is 11.2 Å². The van der Waals surface area contributed by atoms with E-state index in [0.29, 0.717) is 13.2 Å². The third-order valence-electron chi connectivity index (χ3n) is 1.97. The number of rotatable bonds is 4. The van der Waals surface area contributed by atoms with Crippen LogP contribution in [0.1, 0.15) is 12.8 Å². The summed E-state index contributed by atoms with van der Waals surface area (Å²) in [5, 5.41) is 2.73. The lowest BCUT2D eigenvalue weighted by atomic mass is 10.3. The molecule has 0 radical (unpaired) electrons. The van der Waals surface area contributed by atoms with Crippen LogP contribution in [0.25, 0.3) is 0 Å². The second-order valence-corrected chi connectivity index (χ2v) is 3.24. The zero-order valence-electron chi connectivity index (χ0n) is 9.19. The van der Waals surface area contributed by atoms with Crippen molar-refractivity contribution in [3.8, 4) is 12.3 Å². The van der Waals surface area contributed by atoms with E-state index in [1.807, 2.05) is 12.2 Å². The second-order valence-electron chi connectivity index (χ2n) is 3.24. The Morgan fingerprint density at radius 2 is 2.12 bits per heavy atom. The summed E-state index contributed by atoms with van der Waals surface area (Å²) in [5.74, 6) is 2.36. The summed E-state index contributed by atoms with van der Waals surface area (Å²) in [4.78, 5) is 13.1. The van der Waals surface area contributed by atoms with E-state index < -0.39 is 0 Å². The highest BCUT2D eigenvalue weighted by atomic mass is 16.5. The number of terminal acetylenes is 1. The van der Waals surface area contributed by atoms with Crippen molar-refractivity contribution in [2.75, 3.05) is 19.8 Å². The van der Waals surface area contributed by atoms with Gasteiger partial charge in [0.25, 0.3) is 0 Å². The molecule has 0 aromatic carbocycles. The van der Waals surface area contributed by atoms with Crippen LogP contribution < -0.4 is 5.32 Å². The Morgan fingerprint density at radius 3 is 2.75 bits per heavy atom. The molecule has 0 aromatic heterocycles. The van der Waals surface area contributed by atoms with Crippen molar-refractivity contribution in [1.29, 1.82) is 0 Å². The number of urea groups is 1. The van der Waals surface area contributed by atoms with Crippen molar-refractivity contribution < 1.29 is 9.53 Å². The van der Waals surface area contributed by atoms with Gasteiger partial charge in [0.2, 0.25) is 0 Å². The molecule has 1 heterocycles. The molecule has 1 rings (SSSR count). The van der Waals surface area contributed by atoms with Gasteiger partial charge in [0.15, 0.2) is 0 Å². The van der Waals surface area contributed by atoms with Gasteiger partial charge in [-0.05, 0) is 12.8 Å². The first kappa shape index (κ1) is 12.3. The molecule has 0 bridgehead atoms. The summed E-state index contributed by atoms with van der Waals surface area (Å²) in [6, 6.07) is -0.154. The van der Waals surface area contributed by atoms with Crippen LogP contribution in [0.2, 0.25) is 0 Å². The lowest BCUT2D eigenvalue weighted by Crippen LogP contribution is -2.35. The molecule has 1 N–H and O–H groups in total. The molecular formula is C12H16N2O2. The number of nitrogens with one attached hydrogen (secondary N) is 1. The summed E-state index contributed by atoms with van der Waals surface area (Å²) in [6.45, 7) is 1.16. The molecule has 0 aromatic rings. The Labute approximate surface area is 96.0 Å². The van der Waals surface area contributed by atoms with Crippen LogP contribution in [0, 0.1) is 12.3 Å². The van der Waals surface area contributed by atoms with Gasteiger partial charge in [0, 0.05) is 18.9 Å². The summed E-state index contributed by atoms with van der Waals surface area (Å²) < 4.78 is 5.04. The number of hydrogen-bond donors (Lipinski definition) is 1. The Hall–Kier alpha value is -1.73. The molecule has 0 saturated heterocycles. The SMILES string of the molecule is C#CCOCCNC(=O)N1C=CCCC=C1. The monoisotopic (exact) mass is 220 g/mol. The number of carbonyl (C=O) groups is 1. The smallest absolute Gasteiger partial charge is 0.325 e. The number of ether oxygens (including phenoxy) is 1. The van der Waals surface area contributed by atoms with Gasteiger partial charge in [-0.15, -0.1) is 6.42 Å². The van der Waals surface area contributed by atoms with Gasteiger partial charge >= 0.3 is 6.03 Å². The summed E-state index contributed by atoms with van der Waals surface area (Å²) >= 11 is 0. The Kier molecular flexibility index (Phi) is 5.82. The molecule has 4 nitrogen and oxygen atoms in total. The van der Waals surface area contributed by atoms with E-state index in [1.54, 1.807) is 12.4 Å². The molecule has 0 fully saturated rings. The maximum absolute atomic E-state index is 11.6. The van der Waals surface area contributed by atoms with Gasteiger partial charge in [-0.1, -0.05) is 18.1 Å². The first-order valence-electron chi connectivity index (χ1n) is 5.25. The average molecular weight is 220 g/mol. The fraction of sp³-hybridized carbons (Fsp3) is 0.417. The molecule has 0 spiro atoms. The molecular weight excluding hydrogens is 204 g/mol. The molecule has 4 heteroatoms. The van der Waals surface area contributed by atoms with Crippen molar-refractivity contribution in [3.63, 3.8) is 0 Å². The minimum Gasteiger partial charge on any atom is -0.367 e. The number of allylic oxidation sites excluding steroid dienone is 2. The largest absolute Gasteiger partial charge is 0.367 e. The fourth-order valence-corrected chi connectivity index (χ4v) is 1.21. The zero-order valence-corrected chi connectivity index (χ0v) is 9.19. The first-order chi connectivity index (χ1) is 7.84. The number of amides is 2. The van der Waals surface area contributed by atoms with Gasteiger partial charge in [-0.25, -0.2) is 4.79 Å². The summed E-state index contributed by atoms with van der Waals surface area (Å²) in [5.41, 5.74) is 0. The van der Waals surface area contributed by atoms with E-state index in [-0.39, 0.29) is 12.6 Å². The van der Waals surface area contributed by atoms with Crippen LogP contribution in [0.4, 0.5) is 4.79 Å². The van der Waals surface area contributed by atoms with E-state index in [2.05, 4.69) is 11.2 Å². The minimum absolute atomic E-state index is 0.154. The molecule has 1 aliphatic rings. The molecule has 0 saturated carbocycles. The van der Waals surface area contributed by atoms with E-state index >= 15 is 0 Å². The zero-order chi connectivity index (χ0) is 11.6. The van der Waals surface area contributed by atoms with Gasteiger partial charge in [-0.3, -0.25) is 4.90 Å². The number of nitrogens with zero attached hydrogens (tertiary/aromatic N) is 1. The van der Waals surface area contributed by atoms with Crippen LogP contribution in [0.15, 0.2) is 24.6 Å². The highest BCUT2D eigenvalue weighted by Gasteiger charge is 2.07. The standard InChI is InChI=1S/C12H16N2O2/c1-2-10-16-11-7-13-12(15)14-8-5-3-4-6-9-14/h1,5-6,8-9H,3-4,7,10-11H2,(H,13,15). The molecule has 16 heavy (non-hydrogen) atoms. The van der Waals surface area contributed by atoms with Crippen LogP contribution >= 0.6 is 0 Å². The summed E-state index contributed by atoms with van der Waals surface area (Å²) in [6.07, 6.45) is 14.4. The third-order valence-corrected chi connectivity index (χ3v) is 1.97. The predicted molar refractivity (Wildman–Crippen MR) is 62.4 cm³/mol. The first-order valence-corrected chi connectivity index (χ1v) is 5.25. The maximum Gasteiger partial charge on any atom is 0.325 e. The van der Waals surface area contributed by atoms with E-state index in [1.165, 1.54) is 4.90 Å². The molecule has 1 aliphatic heterocycles. The molecule has 0 atom stereocenters. The normalized spacial score (nSPS) is 14.3. The predicted octanol–water partition coefficient (Wildman–Crippen LogP) is 1.47. The Bertz CT molecular complexity index is 301. The molecule has 0 unspecified atom stereocenters. The van der Waals surface area contributed by atoms with Crippen LogP contribution in [0.5, 0.6) is 0 Å².